The number of aromatic nitrogens is 1. The molecule has 0 spiro atoms. The molecular weight excluding hydrogens is 318 g/mol. The first-order chi connectivity index (χ1) is 12.9. The zero-order chi connectivity index (χ0) is 17.1. The fourth-order valence-corrected chi connectivity index (χ4v) is 4.09. The maximum atomic E-state index is 6.08. The zero-order valence-electron chi connectivity index (χ0n) is 14.0. The van der Waals surface area contributed by atoms with Crippen LogP contribution in [0.4, 0.5) is 0 Å². The van der Waals surface area contributed by atoms with Crippen molar-refractivity contribution in [3.8, 4) is 11.1 Å². The molecule has 2 heterocycles. The van der Waals surface area contributed by atoms with E-state index in [1.165, 1.54) is 38.2 Å². The van der Waals surface area contributed by atoms with Gasteiger partial charge in [0.25, 0.3) is 0 Å². The summed E-state index contributed by atoms with van der Waals surface area (Å²) >= 11 is 0. The van der Waals surface area contributed by atoms with E-state index in [9.17, 15) is 0 Å². The van der Waals surface area contributed by atoms with E-state index >= 15 is 0 Å². The number of hydrogen-bond donors (Lipinski definition) is 1. The highest BCUT2D eigenvalue weighted by molar-refractivity contribution is 6.27. The Morgan fingerprint density at radius 3 is 2.31 bits per heavy atom. The molecule has 0 atom stereocenters. The standard InChI is InChI=1S/C24H15NO/c1-2-7-15(8-3-1)16-10-6-11-18-22-19(25-24(16)18)13-14-21-23(22)17-9-4-5-12-20(17)26-21/h1-14,25H. The Morgan fingerprint density at radius 2 is 1.38 bits per heavy atom. The Hall–Kier alpha value is -3.52. The van der Waals surface area contributed by atoms with Gasteiger partial charge in [0.1, 0.15) is 11.2 Å². The van der Waals surface area contributed by atoms with E-state index in [-0.39, 0.29) is 0 Å². The van der Waals surface area contributed by atoms with Crippen molar-refractivity contribution < 1.29 is 4.42 Å². The summed E-state index contributed by atoms with van der Waals surface area (Å²) in [5.74, 6) is 0. The lowest BCUT2D eigenvalue weighted by Crippen LogP contribution is -1.79. The van der Waals surface area contributed by atoms with Crippen LogP contribution in [-0.4, -0.2) is 4.98 Å². The van der Waals surface area contributed by atoms with Gasteiger partial charge in [-0.25, -0.2) is 0 Å². The molecule has 2 nitrogen and oxygen atoms in total. The van der Waals surface area contributed by atoms with Crippen LogP contribution in [0, 0.1) is 0 Å². The second kappa shape index (κ2) is 4.99. The minimum atomic E-state index is 0.934. The average Bonchev–Trinajstić information content (AvgIpc) is 3.26. The Morgan fingerprint density at radius 1 is 0.577 bits per heavy atom. The highest BCUT2D eigenvalue weighted by atomic mass is 16.3. The minimum absolute atomic E-state index is 0.934. The Labute approximate surface area is 149 Å². The van der Waals surface area contributed by atoms with Crippen LogP contribution in [0.25, 0.3) is 54.9 Å². The van der Waals surface area contributed by atoms with Crippen LogP contribution in [0.2, 0.25) is 0 Å². The number of nitrogens with one attached hydrogen (secondary N) is 1. The van der Waals surface area contributed by atoms with Gasteiger partial charge in [0.05, 0.1) is 5.52 Å². The fourth-order valence-electron chi connectivity index (χ4n) is 4.09. The van der Waals surface area contributed by atoms with E-state index in [1.54, 1.807) is 0 Å². The molecule has 0 unspecified atom stereocenters. The van der Waals surface area contributed by atoms with E-state index in [1.807, 2.05) is 12.1 Å². The summed E-state index contributed by atoms with van der Waals surface area (Å²) in [5, 5.41) is 4.83. The Bertz CT molecular complexity index is 1420. The number of rotatable bonds is 1. The summed E-state index contributed by atoms with van der Waals surface area (Å²) in [6.45, 7) is 0. The van der Waals surface area contributed by atoms with Gasteiger partial charge in [0, 0.05) is 32.6 Å². The summed E-state index contributed by atoms with van der Waals surface area (Å²) in [6.07, 6.45) is 0. The van der Waals surface area contributed by atoms with E-state index in [2.05, 4.69) is 77.8 Å². The Balaban J connectivity index is 1.83. The molecule has 0 fully saturated rings. The Kier molecular flexibility index (Phi) is 2.64. The van der Waals surface area contributed by atoms with Crippen LogP contribution in [0.1, 0.15) is 0 Å². The molecule has 26 heavy (non-hydrogen) atoms. The molecule has 2 aromatic heterocycles. The van der Waals surface area contributed by atoms with Crippen molar-refractivity contribution in [1.29, 1.82) is 0 Å². The molecule has 122 valence electrons. The van der Waals surface area contributed by atoms with Gasteiger partial charge < -0.3 is 9.40 Å². The topological polar surface area (TPSA) is 28.9 Å². The number of aromatic amines is 1. The van der Waals surface area contributed by atoms with Gasteiger partial charge in [0.15, 0.2) is 0 Å². The van der Waals surface area contributed by atoms with Crippen LogP contribution < -0.4 is 0 Å². The third-order valence-corrected chi connectivity index (χ3v) is 5.22. The fraction of sp³-hybridized carbons (Fsp3) is 0. The molecule has 0 bridgehead atoms. The highest BCUT2D eigenvalue weighted by Gasteiger charge is 2.15. The molecule has 0 amide bonds. The molecule has 1 N–H and O–H groups in total. The maximum absolute atomic E-state index is 6.08. The second-order valence-corrected chi connectivity index (χ2v) is 6.68. The van der Waals surface area contributed by atoms with Crippen molar-refractivity contribution in [3.05, 3.63) is 84.9 Å². The van der Waals surface area contributed by atoms with E-state index in [0.717, 1.165) is 16.7 Å². The third-order valence-electron chi connectivity index (χ3n) is 5.22. The number of hydrogen-bond acceptors (Lipinski definition) is 1. The van der Waals surface area contributed by atoms with Crippen LogP contribution in [-0.2, 0) is 0 Å². The number of H-pyrrole nitrogens is 1. The summed E-state index contributed by atoms with van der Waals surface area (Å²) < 4.78 is 6.08. The van der Waals surface area contributed by atoms with Crippen LogP contribution in [0.5, 0.6) is 0 Å². The molecule has 0 radical (unpaired) electrons. The molecule has 0 saturated carbocycles. The van der Waals surface area contributed by atoms with E-state index in [4.69, 9.17) is 4.42 Å². The molecule has 0 aliphatic carbocycles. The lowest BCUT2D eigenvalue weighted by atomic mass is 10.0. The normalized spacial score (nSPS) is 11.8. The molecule has 6 aromatic rings. The maximum Gasteiger partial charge on any atom is 0.136 e. The highest BCUT2D eigenvalue weighted by Crippen LogP contribution is 2.40. The van der Waals surface area contributed by atoms with Crippen molar-refractivity contribution in [2.45, 2.75) is 0 Å². The lowest BCUT2D eigenvalue weighted by Gasteiger charge is -2.03. The zero-order valence-corrected chi connectivity index (χ0v) is 14.0. The van der Waals surface area contributed by atoms with Crippen molar-refractivity contribution >= 4 is 43.7 Å². The van der Waals surface area contributed by atoms with Crippen molar-refractivity contribution in [2.24, 2.45) is 0 Å². The van der Waals surface area contributed by atoms with E-state index < -0.39 is 0 Å². The SMILES string of the molecule is c1ccc(-c2cccc3c2[nH]c2ccc4oc5ccccc5c4c23)cc1. The van der Waals surface area contributed by atoms with E-state index in [0.29, 0.717) is 0 Å². The molecule has 0 saturated heterocycles. The number of para-hydroxylation sites is 2. The number of fused-ring (bicyclic) bond motifs is 7. The quantitative estimate of drug-likeness (QED) is 0.349. The van der Waals surface area contributed by atoms with Crippen LogP contribution >= 0.6 is 0 Å². The van der Waals surface area contributed by atoms with Gasteiger partial charge in [0.2, 0.25) is 0 Å². The molecule has 6 rings (SSSR count). The first-order valence-corrected chi connectivity index (χ1v) is 8.80. The van der Waals surface area contributed by atoms with Gasteiger partial charge in [-0.05, 0) is 23.8 Å². The first-order valence-electron chi connectivity index (χ1n) is 8.80. The molecule has 0 aliphatic heterocycles. The number of furan rings is 1. The average molecular weight is 333 g/mol. The first kappa shape index (κ1) is 13.7. The lowest BCUT2D eigenvalue weighted by molar-refractivity contribution is 0.669. The summed E-state index contributed by atoms with van der Waals surface area (Å²) in [5.41, 5.74) is 6.63. The summed E-state index contributed by atoms with van der Waals surface area (Å²) in [6, 6.07) is 29.5. The summed E-state index contributed by atoms with van der Waals surface area (Å²) in [4.78, 5) is 3.65. The predicted octanol–water partition coefficient (Wildman–Crippen LogP) is 6.89. The molecule has 2 heteroatoms. The van der Waals surface area contributed by atoms with Gasteiger partial charge >= 0.3 is 0 Å². The smallest absolute Gasteiger partial charge is 0.136 e. The molecular formula is C24H15NO. The van der Waals surface area contributed by atoms with Gasteiger partial charge in [-0.2, -0.15) is 0 Å². The van der Waals surface area contributed by atoms with Gasteiger partial charge in [-0.15, -0.1) is 0 Å². The summed E-state index contributed by atoms with van der Waals surface area (Å²) in [7, 11) is 0. The number of benzene rings is 4. The monoisotopic (exact) mass is 333 g/mol. The second-order valence-electron chi connectivity index (χ2n) is 6.68. The largest absolute Gasteiger partial charge is 0.456 e. The minimum Gasteiger partial charge on any atom is -0.456 e. The predicted molar refractivity (Wildman–Crippen MR) is 109 cm³/mol. The van der Waals surface area contributed by atoms with Gasteiger partial charge in [-0.3, -0.25) is 0 Å². The molecule has 0 aliphatic rings. The van der Waals surface area contributed by atoms with Crippen LogP contribution in [0.3, 0.4) is 0 Å². The van der Waals surface area contributed by atoms with Crippen LogP contribution in [0.15, 0.2) is 89.3 Å². The third kappa shape index (κ3) is 1.76. The van der Waals surface area contributed by atoms with Crippen molar-refractivity contribution in [3.63, 3.8) is 0 Å². The van der Waals surface area contributed by atoms with Crippen molar-refractivity contribution in [2.75, 3.05) is 0 Å². The molecule has 4 aromatic carbocycles. The van der Waals surface area contributed by atoms with Crippen molar-refractivity contribution in [1.82, 2.24) is 4.98 Å². The van der Waals surface area contributed by atoms with Gasteiger partial charge in [-0.1, -0.05) is 66.7 Å².